The predicted molar refractivity (Wildman–Crippen MR) is 83.7 cm³/mol. The molecule has 0 aliphatic heterocycles. The molecule has 0 amide bonds. The van der Waals surface area contributed by atoms with Gasteiger partial charge in [0.2, 0.25) is 0 Å². The van der Waals surface area contributed by atoms with E-state index in [4.69, 9.17) is 4.74 Å². The summed E-state index contributed by atoms with van der Waals surface area (Å²) < 4.78 is 5.10. The van der Waals surface area contributed by atoms with Crippen molar-refractivity contribution in [2.45, 2.75) is 25.9 Å². The third-order valence-electron chi connectivity index (χ3n) is 3.60. The van der Waals surface area contributed by atoms with Crippen LogP contribution in [-0.2, 0) is 0 Å². The number of nitrogens with zero attached hydrogens (tertiary/aromatic N) is 1. The highest BCUT2D eigenvalue weighted by atomic mass is 16.5. The molecule has 0 saturated heterocycles. The summed E-state index contributed by atoms with van der Waals surface area (Å²) in [5.41, 5.74) is 3.42. The van der Waals surface area contributed by atoms with Gasteiger partial charge in [-0.15, -0.1) is 0 Å². The van der Waals surface area contributed by atoms with Crippen LogP contribution in [0.5, 0.6) is 5.75 Å². The number of ether oxygens (including phenoxy) is 1. The first-order valence-electron chi connectivity index (χ1n) is 6.94. The third-order valence-corrected chi connectivity index (χ3v) is 3.60. The molecular formula is C18H19NO2. The Morgan fingerprint density at radius 3 is 2.52 bits per heavy atom. The topological polar surface area (TPSA) is 53.2 Å². The number of hydrogen-bond acceptors (Lipinski definition) is 3. The van der Waals surface area contributed by atoms with Crippen LogP contribution in [0, 0.1) is 11.3 Å². The van der Waals surface area contributed by atoms with Crippen molar-refractivity contribution in [3.05, 3.63) is 58.7 Å². The average molecular weight is 281 g/mol. The lowest BCUT2D eigenvalue weighted by Crippen LogP contribution is -2.14. The number of benzene rings is 1. The van der Waals surface area contributed by atoms with E-state index >= 15 is 0 Å². The highest BCUT2D eigenvalue weighted by Crippen LogP contribution is 2.25. The van der Waals surface area contributed by atoms with Crippen LogP contribution in [0.25, 0.3) is 6.08 Å². The molecule has 0 fully saturated rings. The SMILES string of the molecule is COc1ccc(/C=C(\C#N)C(O)C2=CC=C(C)CC2)cc1. The minimum Gasteiger partial charge on any atom is -0.497 e. The normalized spacial score (nSPS) is 16.6. The quantitative estimate of drug-likeness (QED) is 0.857. The minimum absolute atomic E-state index is 0.361. The third kappa shape index (κ3) is 3.84. The molecule has 0 heterocycles. The van der Waals surface area contributed by atoms with Gasteiger partial charge in [-0.05, 0) is 49.1 Å². The lowest BCUT2D eigenvalue weighted by atomic mass is 9.91. The van der Waals surface area contributed by atoms with Crippen molar-refractivity contribution < 1.29 is 9.84 Å². The molecule has 1 aliphatic carbocycles. The smallest absolute Gasteiger partial charge is 0.118 e. The van der Waals surface area contributed by atoms with Gasteiger partial charge in [0.15, 0.2) is 0 Å². The Bertz CT molecular complexity index is 630. The molecule has 1 aliphatic rings. The summed E-state index contributed by atoms with van der Waals surface area (Å²) >= 11 is 0. The van der Waals surface area contributed by atoms with Gasteiger partial charge in [-0.25, -0.2) is 0 Å². The molecule has 1 aromatic rings. The molecule has 1 atom stereocenters. The maximum absolute atomic E-state index is 10.4. The monoisotopic (exact) mass is 281 g/mol. The lowest BCUT2D eigenvalue weighted by molar-refractivity contribution is 0.247. The standard InChI is InChI=1S/C18H19NO2/c1-13-3-7-15(8-4-13)18(20)16(12-19)11-14-5-9-17(21-2)10-6-14/h3,5-7,9-11,18,20H,4,8H2,1-2H3/b16-11+. The summed E-state index contributed by atoms with van der Waals surface area (Å²) in [6.45, 7) is 2.07. The van der Waals surface area contributed by atoms with Crippen LogP contribution in [0.15, 0.2) is 53.1 Å². The number of aliphatic hydroxyl groups is 1. The number of nitriles is 1. The molecule has 0 radical (unpaired) electrons. The van der Waals surface area contributed by atoms with E-state index in [0.29, 0.717) is 5.57 Å². The van der Waals surface area contributed by atoms with E-state index in [1.165, 1.54) is 5.57 Å². The van der Waals surface area contributed by atoms with Crippen LogP contribution in [0.2, 0.25) is 0 Å². The fraction of sp³-hybridized carbons (Fsp3) is 0.278. The van der Waals surface area contributed by atoms with Crippen LogP contribution in [0.1, 0.15) is 25.3 Å². The predicted octanol–water partition coefficient (Wildman–Crippen LogP) is 3.63. The van der Waals surface area contributed by atoms with Gasteiger partial charge in [0.05, 0.1) is 18.8 Å². The Labute approximate surface area is 125 Å². The number of methoxy groups -OCH3 is 1. The zero-order chi connectivity index (χ0) is 15.2. The van der Waals surface area contributed by atoms with E-state index in [1.54, 1.807) is 13.2 Å². The number of allylic oxidation sites excluding steroid dienone is 3. The van der Waals surface area contributed by atoms with Gasteiger partial charge in [-0.1, -0.05) is 29.9 Å². The highest BCUT2D eigenvalue weighted by molar-refractivity contribution is 5.60. The second-order valence-electron chi connectivity index (χ2n) is 5.14. The Morgan fingerprint density at radius 1 is 1.29 bits per heavy atom. The fourth-order valence-corrected chi connectivity index (χ4v) is 2.24. The first kappa shape index (κ1) is 15.1. The van der Waals surface area contributed by atoms with E-state index in [-0.39, 0.29) is 0 Å². The van der Waals surface area contributed by atoms with Crippen molar-refractivity contribution in [1.82, 2.24) is 0 Å². The maximum atomic E-state index is 10.4. The van der Waals surface area contributed by atoms with Gasteiger partial charge in [-0.3, -0.25) is 0 Å². The molecule has 3 nitrogen and oxygen atoms in total. The van der Waals surface area contributed by atoms with Crippen molar-refractivity contribution in [1.29, 1.82) is 5.26 Å². The van der Waals surface area contributed by atoms with Gasteiger partial charge in [-0.2, -0.15) is 5.26 Å². The van der Waals surface area contributed by atoms with Crippen molar-refractivity contribution in [2.24, 2.45) is 0 Å². The number of hydrogen-bond donors (Lipinski definition) is 1. The minimum atomic E-state index is -0.832. The highest BCUT2D eigenvalue weighted by Gasteiger charge is 2.17. The van der Waals surface area contributed by atoms with Crippen LogP contribution < -0.4 is 4.74 Å². The molecule has 3 heteroatoms. The number of rotatable bonds is 4. The molecular weight excluding hydrogens is 262 g/mol. The summed E-state index contributed by atoms with van der Waals surface area (Å²) in [5, 5.41) is 19.7. The molecule has 1 N–H and O–H groups in total. The van der Waals surface area contributed by atoms with Gasteiger partial charge >= 0.3 is 0 Å². The van der Waals surface area contributed by atoms with Gasteiger partial charge in [0, 0.05) is 0 Å². The van der Waals surface area contributed by atoms with Crippen LogP contribution in [-0.4, -0.2) is 18.3 Å². The van der Waals surface area contributed by atoms with E-state index in [9.17, 15) is 10.4 Å². The molecule has 1 aromatic carbocycles. The van der Waals surface area contributed by atoms with Gasteiger partial charge < -0.3 is 9.84 Å². The Morgan fingerprint density at radius 2 is 2.00 bits per heavy atom. The second kappa shape index (κ2) is 6.92. The zero-order valence-corrected chi connectivity index (χ0v) is 12.3. The molecule has 2 rings (SSSR count). The molecule has 1 unspecified atom stereocenters. The van der Waals surface area contributed by atoms with Crippen LogP contribution in [0.4, 0.5) is 0 Å². The van der Waals surface area contributed by atoms with Crippen molar-refractivity contribution in [3.8, 4) is 11.8 Å². The molecule has 0 bridgehead atoms. The molecule has 0 aromatic heterocycles. The Balaban J connectivity index is 2.22. The van der Waals surface area contributed by atoms with Crippen LogP contribution in [0.3, 0.4) is 0 Å². The van der Waals surface area contributed by atoms with Crippen LogP contribution >= 0.6 is 0 Å². The summed E-state index contributed by atoms with van der Waals surface area (Å²) in [5.74, 6) is 0.766. The van der Waals surface area contributed by atoms with E-state index in [2.05, 4.69) is 13.0 Å². The summed E-state index contributed by atoms with van der Waals surface area (Å²) in [4.78, 5) is 0. The van der Waals surface area contributed by atoms with E-state index in [1.807, 2.05) is 36.4 Å². The molecule has 108 valence electrons. The summed E-state index contributed by atoms with van der Waals surface area (Å²) in [6.07, 6.45) is 6.54. The van der Waals surface area contributed by atoms with E-state index < -0.39 is 6.10 Å². The summed E-state index contributed by atoms with van der Waals surface area (Å²) in [7, 11) is 1.61. The fourth-order valence-electron chi connectivity index (χ4n) is 2.24. The number of aliphatic hydroxyl groups excluding tert-OH is 1. The zero-order valence-electron chi connectivity index (χ0n) is 12.3. The van der Waals surface area contributed by atoms with Gasteiger partial charge in [0.25, 0.3) is 0 Å². The van der Waals surface area contributed by atoms with Crippen molar-refractivity contribution in [3.63, 3.8) is 0 Å². The van der Waals surface area contributed by atoms with Crippen molar-refractivity contribution >= 4 is 6.08 Å². The average Bonchev–Trinajstić information content (AvgIpc) is 2.53. The van der Waals surface area contributed by atoms with Crippen molar-refractivity contribution in [2.75, 3.05) is 7.11 Å². The lowest BCUT2D eigenvalue weighted by Gasteiger charge is -2.17. The Hall–Kier alpha value is -2.31. The maximum Gasteiger partial charge on any atom is 0.118 e. The first-order chi connectivity index (χ1) is 10.1. The largest absolute Gasteiger partial charge is 0.497 e. The molecule has 21 heavy (non-hydrogen) atoms. The molecule has 0 saturated carbocycles. The Kier molecular flexibility index (Phi) is 4.97. The molecule has 0 spiro atoms. The van der Waals surface area contributed by atoms with Gasteiger partial charge in [0.1, 0.15) is 11.9 Å². The van der Waals surface area contributed by atoms with E-state index in [0.717, 1.165) is 29.7 Å². The second-order valence-corrected chi connectivity index (χ2v) is 5.14. The first-order valence-corrected chi connectivity index (χ1v) is 6.94. The summed E-state index contributed by atoms with van der Waals surface area (Å²) in [6, 6.07) is 9.50.